The van der Waals surface area contributed by atoms with Crippen LogP contribution in [0.15, 0.2) is 36.5 Å². The molecule has 18 heavy (non-hydrogen) atoms. The molecule has 0 saturated heterocycles. The molecule has 0 aliphatic carbocycles. The maximum absolute atomic E-state index is 9.12. The SMILES string of the molecule is CCc1ccc(C#N)c(Nc2cccnc2C)c1. The molecule has 0 bridgehead atoms. The van der Waals surface area contributed by atoms with Crippen LogP contribution in [0.1, 0.15) is 23.7 Å². The number of hydrogen-bond acceptors (Lipinski definition) is 3. The van der Waals surface area contributed by atoms with Gasteiger partial charge in [-0.1, -0.05) is 13.0 Å². The van der Waals surface area contributed by atoms with Gasteiger partial charge in [0.05, 0.1) is 22.6 Å². The first kappa shape index (κ1) is 12.1. The summed E-state index contributed by atoms with van der Waals surface area (Å²) in [6, 6.07) is 11.9. The Balaban J connectivity index is 2.39. The fraction of sp³-hybridized carbons (Fsp3) is 0.200. The van der Waals surface area contributed by atoms with Gasteiger partial charge in [0, 0.05) is 6.20 Å². The lowest BCUT2D eigenvalue weighted by Crippen LogP contribution is -1.98. The van der Waals surface area contributed by atoms with E-state index >= 15 is 0 Å². The second-order valence-corrected chi connectivity index (χ2v) is 4.11. The Morgan fingerprint density at radius 3 is 2.78 bits per heavy atom. The number of aromatic nitrogens is 1. The van der Waals surface area contributed by atoms with Crippen LogP contribution < -0.4 is 5.32 Å². The number of nitrogens with one attached hydrogen (secondary N) is 1. The standard InChI is InChI=1S/C15H15N3/c1-3-12-6-7-13(10-16)15(9-12)18-14-5-4-8-17-11(14)2/h4-9,18H,3H2,1-2H3. The zero-order chi connectivity index (χ0) is 13.0. The Kier molecular flexibility index (Phi) is 3.59. The first-order chi connectivity index (χ1) is 8.74. The van der Waals surface area contributed by atoms with Crippen molar-refractivity contribution in [1.82, 2.24) is 4.98 Å². The Bertz CT molecular complexity index is 597. The molecule has 0 aliphatic rings. The molecule has 1 aromatic carbocycles. The number of pyridine rings is 1. The molecule has 1 aromatic heterocycles. The van der Waals surface area contributed by atoms with E-state index in [2.05, 4.69) is 23.3 Å². The maximum Gasteiger partial charge on any atom is 0.101 e. The van der Waals surface area contributed by atoms with Gasteiger partial charge in [-0.2, -0.15) is 5.26 Å². The number of nitrogens with zero attached hydrogens (tertiary/aromatic N) is 2. The van der Waals surface area contributed by atoms with Gasteiger partial charge in [0.15, 0.2) is 0 Å². The van der Waals surface area contributed by atoms with Gasteiger partial charge in [0.25, 0.3) is 0 Å². The van der Waals surface area contributed by atoms with E-state index in [1.807, 2.05) is 37.3 Å². The van der Waals surface area contributed by atoms with Crippen LogP contribution in [-0.4, -0.2) is 4.98 Å². The van der Waals surface area contributed by atoms with Gasteiger partial charge in [-0.15, -0.1) is 0 Å². The summed E-state index contributed by atoms with van der Waals surface area (Å²) in [5.74, 6) is 0. The summed E-state index contributed by atoms with van der Waals surface area (Å²) < 4.78 is 0. The second kappa shape index (κ2) is 5.33. The number of hydrogen-bond donors (Lipinski definition) is 1. The third kappa shape index (κ3) is 2.49. The highest BCUT2D eigenvalue weighted by atomic mass is 14.9. The lowest BCUT2D eigenvalue weighted by Gasteiger charge is -2.11. The molecule has 2 rings (SSSR count). The average molecular weight is 237 g/mol. The van der Waals surface area contributed by atoms with Crippen molar-refractivity contribution in [3.8, 4) is 6.07 Å². The van der Waals surface area contributed by atoms with E-state index in [0.717, 1.165) is 23.5 Å². The summed E-state index contributed by atoms with van der Waals surface area (Å²) >= 11 is 0. The van der Waals surface area contributed by atoms with Crippen LogP contribution in [0.2, 0.25) is 0 Å². The van der Waals surface area contributed by atoms with Gasteiger partial charge in [-0.05, 0) is 43.2 Å². The molecule has 0 fully saturated rings. The summed E-state index contributed by atoms with van der Waals surface area (Å²) in [7, 11) is 0. The largest absolute Gasteiger partial charge is 0.353 e. The van der Waals surface area contributed by atoms with Crippen molar-refractivity contribution in [3.63, 3.8) is 0 Å². The van der Waals surface area contributed by atoms with Gasteiger partial charge >= 0.3 is 0 Å². The molecule has 0 aliphatic heterocycles. The molecule has 3 nitrogen and oxygen atoms in total. The first-order valence-electron chi connectivity index (χ1n) is 5.96. The van der Waals surface area contributed by atoms with Gasteiger partial charge in [0.1, 0.15) is 6.07 Å². The molecule has 0 amide bonds. The van der Waals surface area contributed by atoms with E-state index in [1.54, 1.807) is 6.20 Å². The van der Waals surface area contributed by atoms with Crippen molar-refractivity contribution < 1.29 is 0 Å². The highest BCUT2D eigenvalue weighted by Gasteiger charge is 2.05. The fourth-order valence-corrected chi connectivity index (χ4v) is 1.77. The van der Waals surface area contributed by atoms with Gasteiger partial charge in [-0.25, -0.2) is 0 Å². The van der Waals surface area contributed by atoms with Crippen molar-refractivity contribution in [2.45, 2.75) is 20.3 Å². The highest BCUT2D eigenvalue weighted by molar-refractivity contribution is 5.68. The summed E-state index contributed by atoms with van der Waals surface area (Å²) in [5, 5.41) is 12.4. The minimum absolute atomic E-state index is 0.649. The average Bonchev–Trinajstić information content (AvgIpc) is 2.41. The summed E-state index contributed by atoms with van der Waals surface area (Å²) in [6.07, 6.45) is 2.71. The first-order valence-corrected chi connectivity index (χ1v) is 5.96. The highest BCUT2D eigenvalue weighted by Crippen LogP contribution is 2.23. The van der Waals surface area contributed by atoms with Crippen molar-refractivity contribution in [2.24, 2.45) is 0 Å². The zero-order valence-corrected chi connectivity index (χ0v) is 10.6. The minimum Gasteiger partial charge on any atom is -0.353 e. The predicted octanol–water partition coefficient (Wildman–Crippen LogP) is 3.57. The summed E-state index contributed by atoms with van der Waals surface area (Å²) in [4.78, 5) is 4.23. The molecule has 1 heterocycles. The number of anilines is 2. The Morgan fingerprint density at radius 2 is 2.11 bits per heavy atom. The van der Waals surface area contributed by atoms with Crippen LogP contribution in [0.5, 0.6) is 0 Å². The molecule has 90 valence electrons. The van der Waals surface area contributed by atoms with E-state index in [-0.39, 0.29) is 0 Å². The number of aryl methyl sites for hydroxylation is 2. The Morgan fingerprint density at radius 1 is 1.28 bits per heavy atom. The topological polar surface area (TPSA) is 48.7 Å². The normalized spacial score (nSPS) is 9.83. The van der Waals surface area contributed by atoms with Crippen LogP contribution in [0, 0.1) is 18.3 Å². The van der Waals surface area contributed by atoms with Crippen molar-refractivity contribution >= 4 is 11.4 Å². The lowest BCUT2D eigenvalue weighted by molar-refractivity contribution is 1.14. The maximum atomic E-state index is 9.12. The summed E-state index contributed by atoms with van der Waals surface area (Å²) in [6.45, 7) is 4.04. The van der Waals surface area contributed by atoms with Crippen molar-refractivity contribution in [1.29, 1.82) is 5.26 Å². The number of nitriles is 1. The van der Waals surface area contributed by atoms with Crippen LogP contribution in [0.25, 0.3) is 0 Å². The van der Waals surface area contributed by atoms with E-state index in [9.17, 15) is 0 Å². The van der Waals surface area contributed by atoms with Gasteiger partial charge < -0.3 is 5.32 Å². The molecule has 1 N–H and O–H groups in total. The molecule has 0 radical (unpaired) electrons. The molecule has 2 aromatic rings. The minimum atomic E-state index is 0.649. The van der Waals surface area contributed by atoms with E-state index in [4.69, 9.17) is 5.26 Å². The number of rotatable bonds is 3. The summed E-state index contributed by atoms with van der Waals surface area (Å²) in [5.41, 5.74) is 4.55. The van der Waals surface area contributed by atoms with Gasteiger partial charge in [0.2, 0.25) is 0 Å². The molecular formula is C15H15N3. The molecule has 0 atom stereocenters. The van der Waals surface area contributed by atoms with E-state index in [0.29, 0.717) is 5.56 Å². The third-order valence-electron chi connectivity index (χ3n) is 2.89. The van der Waals surface area contributed by atoms with Crippen LogP contribution in [-0.2, 0) is 6.42 Å². The van der Waals surface area contributed by atoms with E-state index in [1.165, 1.54) is 5.56 Å². The number of benzene rings is 1. The van der Waals surface area contributed by atoms with Crippen molar-refractivity contribution in [3.05, 3.63) is 53.3 Å². The molecule has 3 heteroatoms. The Labute approximate surface area is 107 Å². The molecular weight excluding hydrogens is 222 g/mol. The quantitative estimate of drug-likeness (QED) is 0.887. The molecule has 0 saturated carbocycles. The molecule has 0 spiro atoms. The third-order valence-corrected chi connectivity index (χ3v) is 2.89. The Hall–Kier alpha value is -2.34. The predicted molar refractivity (Wildman–Crippen MR) is 72.8 cm³/mol. The smallest absolute Gasteiger partial charge is 0.101 e. The molecule has 0 unspecified atom stereocenters. The monoisotopic (exact) mass is 237 g/mol. The fourth-order valence-electron chi connectivity index (χ4n) is 1.77. The van der Waals surface area contributed by atoms with Crippen molar-refractivity contribution in [2.75, 3.05) is 5.32 Å². The second-order valence-electron chi connectivity index (χ2n) is 4.11. The zero-order valence-electron chi connectivity index (χ0n) is 10.6. The van der Waals surface area contributed by atoms with Gasteiger partial charge in [-0.3, -0.25) is 4.98 Å². The van der Waals surface area contributed by atoms with Crippen LogP contribution in [0.4, 0.5) is 11.4 Å². The van der Waals surface area contributed by atoms with Crippen LogP contribution in [0.3, 0.4) is 0 Å². The van der Waals surface area contributed by atoms with E-state index < -0.39 is 0 Å². The lowest BCUT2D eigenvalue weighted by atomic mass is 10.1. The van der Waals surface area contributed by atoms with Crippen LogP contribution >= 0.6 is 0 Å².